The van der Waals surface area contributed by atoms with Crippen molar-refractivity contribution in [3.8, 4) is 5.75 Å². The first-order chi connectivity index (χ1) is 13.1. The molecular formula is C21H37IN4O2. The third-order valence-corrected chi connectivity index (χ3v) is 5.12. The number of aliphatic hydroxyl groups excluding tert-OH is 1. The van der Waals surface area contributed by atoms with Crippen LogP contribution in [0.15, 0.2) is 29.3 Å². The third kappa shape index (κ3) is 8.53. The molecule has 1 fully saturated rings. The second-order valence-corrected chi connectivity index (χ2v) is 7.17. The zero-order valence-electron chi connectivity index (χ0n) is 17.5. The number of ether oxygens (including phenoxy) is 1. The van der Waals surface area contributed by atoms with E-state index in [-0.39, 0.29) is 24.0 Å². The maximum absolute atomic E-state index is 10.4. The first kappa shape index (κ1) is 25.0. The summed E-state index contributed by atoms with van der Waals surface area (Å²) in [5.41, 5.74) is 0.842. The Morgan fingerprint density at radius 1 is 1.29 bits per heavy atom. The lowest BCUT2D eigenvalue weighted by molar-refractivity contribution is 0.159. The molecule has 1 aliphatic heterocycles. The average molecular weight is 504 g/mol. The van der Waals surface area contributed by atoms with Gasteiger partial charge in [-0.2, -0.15) is 0 Å². The van der Waals surface area contributed by atoms with Gasteiger partial charge in [0.2, 0.25) is 0 Å². The molecule has 0 amide bonds. The van der Waals surface area contributed by atoms with E-state index in [4.69, 9.17) is 4.74 Å². The van der Waals surface area contributed by atoms with Crippen LogP contribution < -0.4 is 15.4 Å². The Labute approximate surface area is 187 Å². The van der Waals surface area contributed by atoms with Crippen LogP contribution in [0.3, 0.4) is 0 Å². The van der Waals surface area contributed by atoms with Crippen molar-refractivity contribution in [2.45, 2.75) is 51.7 Å². The molecule has 0 spiro atoms. The number of nitrogens with one attached hydrogen (secondary N) is 2. The molecule has 1 saturated heterocycles. The average Bonchev–Trinajstić information content (AvgIpc) is 2.70. The Bertz CT molecular complexity index is 568. The van der Waals surface area contributed by atoms with E-state index in [0.717, 1.165) is 43.3 Å². The third-order valence-electron chi connectivity index (χ3n) is 5.12. The quantitative estimate of drug-likeness (QED) is 0.209. The summed E-state index contributed by atoms with van der Waals surface area (Å²) in [5, 5.41) is 17.0. The predicted molar refractivity (Wildman–Crippen MR) is 127 cm³/mol. The van der Waals surface area contributed by atoms with Gasteiger partial charge in [0.25, 0.3) is 0 Å². The number of nitrogens with zero attached hydrogens (tertiary/aromatic N) is 2. The van der Waals surface area contributed by atoms with Gasteiger partial charge in [0, 0.05) is 25.7 Å². The minimum absolute atomic E-state index is 0. The molecule has 1 heterocycles. The van der Waals surface area contributed by atoms with Crippen LogP contribution in [0, 0.1) is 0 Å². The van der Waals surface area contributed by atoms with Crippen molar-refractivity contribution in [1.29, 1.82) is 0 Å². The zero-order valence-corrected chi connectivity index (χ0v) is 19.8. The molecular weight excluding hydrogens is 467 g/mol. The van der Waals surface area contributed by atoms with Gasteiger partial charge in [-0.15, -0.1) is 24.0 Å². The van der Waals surface area contributed by atoms with Crippen LogP contribution >= 0.6 is 24.0 Å². The molecule has 1 aromatic carbocycles. The summed E-state index contributed by atoms with van der Waals surface area (Å²) < 4.78 is 5.15. The van der Waals surface area contributed by atoms with Crippen molar-refractivity contribution in [2.75, 3.05) is 39.8 Å². The van der Waals surface area contributed by atoms with Gasteiger partial charge >= 0.3 is 0 Å². The summed E-state index contributed by atoms with van der Waals surface area (Å²) in [5.74, 6) is 1.55. The van der Waals surface area contributed by atoms with Crippen LogP contribution in [0.1, 0.15) is 51.2 Å². The summed E-state index contributed by atoms with van der Waals surface area (Å²) in [6, 6.07) is 8.17. The monoisotopic (exact) mass is 504 g/mol. The summed E-state index contributed by atoms with van der Waals surface area (Å²) in [6.07, 6.45) is 4.48. The number of aliphatic imine (C=N–C) groups is 1. The Balaban J connectivity index is 0.00000392. The van der Waals surface area contributed by atoms with E-state index in [1.54, 1.807) is 7.11 Å². The van der Waals surface area contributed by atoms with Crippen LogP contribution in [0.25, 0.3) is 0 Å². The van der Waals surface area contributed by atoms with Crippen LogP contribution in [0.2, 0.25) is 0 Å². The highest BCUT2D eigenvalue weighted by molar-refractivity contribution is 14.0. The largest absolute Gasteiger partial charge is 0.497 e. The molecule has 7 heteroatoms. The number of guanidine groups is 1. The lowest BCUT2D eigenvalue weighted by Crippen LogP contribution is -2.41. The van der Waals surface area contributed by atoms with E-state index in [1.807, 2.05) is 31.2 Å². The number of aliphatic hydroxyl groups is 1. The number of hydrogen-bond acceptors (Lipinski definition) is 4. The smallest absolute Gasteiger partial charge is 0.191 e. The number of halogens is 1. The fourth-order valence-electron chi connectivity index (χ4n) is 3.43. The Morgan fingerprint density at radius 3 is 2.68 bits per heavy atom. The van der Waals surface area contributed by atoms with E-state index in [1.165, 1.54) is 25.8 Å². The molecule has 1 aliphatic rings. The van der Waals surface area contributed by atoms with E-state index in [2.05, 4.69) is 27.4 Å². The van der Waals surface area contributed by atoms with Crippen LogP contribution in [-0.4, -0.2) is 61.8 Å². The second-order valence-electron chi connectivity index (χ2n) is 7.17. The molecule has 0 aliphatic carbocycles. The van der Waals surface area contributed by atoms with Gasteiger partial charge in [-0.25, -0.2) is 0 Å². The van der Waals surface area contributed by atoms with Gasteiger partial charge in [-0.1, -0.05) is 18.6 Å². The second kappa shape index (κ2) is 14.0. The molecule has 0 aromatic heterocycles. The fraction of sp³-hybridized carbons (Fsp3) is 0.667. The maximum Gasteiger partial charge on any atom is 0.191 e. The zero-order chi connectivity index (χ0) is 19.5. The minimum Gasteiger partial charge on any atom is -0.497 e. The summed E-state index contributed by atoms with van der Waals surface area (Å²) in [6.45, 7) is 8.74. The predicted octanol–water partition coefficient (Wildman–Crippen LogP) is 3.17. The Kier molecular flexibility index (Phi) is 12.5. The first-order valence-electron chi connectivity index (χ1n) is 10.2. The minimum atomic E-state index is -0.624. The van der Waals surface area contributed by atoms with E-state index in [9.17, 15) is 5.11 Å². The van der Waals surface area contributed by atoms with Gasteiger partial charge < -0.3 is 25.4 Å². The maximum atomic E-state index is 10.4. The highest BCUT2D eigenvalue weighted by atomic mass is 127. The van der Waals surface area contributed by atoms with Gasteiger partial charge in [-0.05, 0) is 57.4 Å². The number of benzene rings is 1. The molecule has 2 atom stereocenters. The fourth-order valence-corrected chi connectivity index (χ4v) is 3.43. The molecule has 6 nitrogen and oxygen atoms in total. The topological polar surface area (TPSA) is 69.1 Å². The summed E-state index contributed by atoms with van der Waals surface area (Å²) >= 11 is 0. The highest BCUT2D eigenvalue weighted by Gasteiger charge is 2.17. The van der Waals surface area contributed by atoms with Crippen LogP contribution in [0.4, 0.5) is 0 Å². The SMILES string of the molecule is CCNC(=NCC(O)c1ccc(OC)cc1)NCCCN1CCCCC1C.I. The number of likely N-dealkylation sites (tertiary alicyclic amines) is 1. The lowest BCUT2D eigenvalue weighted by atomic mass is 10.0. The van der Waals surface area contributed by atoms with Crippen molar-refractivity contribution < 1.29 is 9.84 Å². The standard InChI is InChI=1S/C21H36N4O2.HI/c1-4-22-21(23-13-7-15-25-14-6-5-8-17(25)2)24-16-20(26)18-9-11-19(27-3)12-10-18;/h9-12,17,20,26H,4-8,13-16H2,1-3H3,(H2,22,23,24);1H. The first-order valence-corrected chi connectivity index (χ1v) is 10.2. The molecule has 0 radical (unpaired) electrons. The Morgan fingerprint density at radius 2 is 2.04 bits per heavy atom. The lowest BCUT2D eigenvalue weighted by Gasteiger charge is -2.33. The molecule has 28 heavy (non-hydrogen) atoms. The van der Waals surface area contributed by atoms with Crippen molar-refractivity contribution in [3.63, 3.8) is 0 Å². The van der Waals surface area contributed by atoms with Gasteiger partial charge in [0.05, 0.1) is 19.8 Å². The molecule has 3 N–H and O–H groups in total. The molecule has 1 aromatic rings. The molecule has 2 rings (SSSR count). The molecule has 0 saturated carbocycles. The van der Waals surface area contributed by atoms with Gasteiger partial charge in [-0.3, -0.25) is 4.99 Å². The van der Waals surface area contributed by atoms with Crippen LogP contribution in [-0.2, 0) is 0 Å². The van der Waals surface area contributed by atoms with Crippen molar-refractivity contribution >= 4 is 29.9 Å². The van der Waals surface area contributed by atoms with Gasteiger partial charge in [0.15, 0.2) is 5.96 Å². The van der Waals surface area contributed by atoms with E-state index < -0.39 is 6.10 Å². The van der Waals surface area contributed by atoms with Crippen molar-refractivity contribution in [3.05, 3.63) is 29.8 Å². The number of methoxy groups -OCH3 is 1. The number of rotatable bonds is 9. The summed E-state index contributed by atoms with van der Waals surface area (Å²) in [4.78, 5) is 7.12. The van der Waals surface area contributed by atoms with Crippen molar-refractivity contribution in [2.24, 2.45) is 4.99 Å². The number of hydrogen-bond donors (Lipinski definition) is 3. The van der Waals surface area contributed by atoms with Crippen LogP contribution in [0.5, 0.6) is 5.75 Å². The highest BCUT2D eigenvalue weighted by Crippen LogP contribution is 2.18. The molecule has 2 unspecified atom stereocenters. The van der Waals surface area contributed by atoms with E-state index in [0.29, 0.717) is 12.6 Å². The van der Waals surface area contributed by atoms with Crippen molar-refractivity contribution in [1.82, 2.24) is 15.5 Å². The van der Waals surface area contributed by atoms with E-state index >= 15 is 0 Å². The summed E-state index contributed by atoms with van der Waals surface area (Å²) in [7, 11) is 1.63. The number of piperidine rings is 1. The normalized spacial score (nSPS) is 18.9. The molecule has 0 bridgehead atoms. The molecule has 160 valence electrons. The Hall–Kier alpha value is -1.06. The van der Waals surface area contributed by atoms with Gasteiger partial charge in [0.1, 0.15) is 5.75 Å².